The number of hydrogen-bond donors (Lipinski definition) is 1. The first-order valence-electron chi connectivity index (χ1n) is 9.58. The van der Waals surface area contributed by atoms with Crippen LogP contribution >= 0.6 is 0 Å². The summed E-state index contributed by atoms with van der Waals surface area (Å²) >= 11 is 0. The summed E-state index contributed by atoms with van der Waals surface area (Å²) in [6, 6.07) is 15.1. The van der Waals surface area contributed by atoms with Crippen LogP contribution in [0.3, 0.4) is 0 Å². The average Bonchev–Trinajstić information content (AvgIpc) is 3.03. The minimum atomic E-state index is -3.59. The normalized spacial score (nSPS) is 12.3. The molecule has 7 nitrogen and oxygen atoms in total. The van der Waals surface area contributed by atoms with Crippen molar-refractivity contribution in [2.75, 3.05) is 26.7 Å². The van der Waals surface area contributed by atoms with Crippen LogP contribution in [0.25, 0.3) is 11.0 Å². The van der Waals surface area contributed by atoms with E-state index in [1.54, 1.807) is 25.5 Å². The van der Waals surface area contributed by atoms with E-state index in [1.165, 1.54) is 4.31 Å². The standard InChI is InChI=1S/C21H28N5O2S/c1-18-8-10-19(11-9-18)29(27,28)26(13-12-23-16-22-2)15-14-25-17-24(3)20-6-4-5-7-21(20)25/h4-11,16-17H,12-15H2,1-3H3,(H,22,23)/q+1. The fraction of sp³-hybridized carbons (Fsp3) is 0.333. The number of aliphatic imine (C=N–C) groups is 1. The summed E-state index contributed by atoms with van der Waals surface area (Å²) in [6.45, 7) is 3.73. The van der Waals surface area contributed by atoms with E-state index in [0.29, 0.717) is 31.1 Å². The van der Waals surface area contributed by atoms with E-state index >= 15 is 0 Å². The van der Waals surface area contributed by atoms with Crippen LogP contribution in [0.2, 0.25) is 0 Å². The molecule has 2 aromatic carbocycles. The van der Waals surface area contributed by atoms with Gasteiger partial charge >= 0.3 is 0 Å². The van der Waals surface area contributed by atoms with Crippen LogP contribution in [-0.4, -0.2) is 50.3 Å². The molecule has 1 aromatic heterocycles. The molecular formula is C21H28N5O2S+. The maximum absolute atomic E-state index is 13.2. The Hall–Kier alpha value is -2.71. The number of fused-ring (bicyclic) bond motifs is 1. The molecule has 0 aliphatic rings. The molecule has 0 saturated carbocycles. The summed E-state index contributed by atoms with van der Waals surface area (Å²) in [4.78, 5) is 4.20. The monoisotopic (exact) mass is 414 g/mol. The van der Waals surface area contributed by atoms with Gasteiger partial charge in [-0.25, -0.2) is 17.6 Å². The number of benzene rings is 2. The summed E-state index contributed by atoms with van der Waals surface area (Å²) < 4.78 is 32.2. The van der Waals surface area contributed by atoms with E-state index in [0.717, 1.165) is 16.6 Å². The molecule has 3 aromatic rings. The Labute approximate surface area is 172 Å². The minimum Gasteiger partial charge on any atom is -0.375 e. The van der Waals surface area contributed by atoms with Gasteiger partial charge in [0.25, 0.3) is 0 Å². The number of rotatable bonds is 9. The summed E-state index contributed by atoms with van der Waals surface area (Å²) in [5.74, 6) is 0. The van der Waals surface area contributed by atoms with Gasteiger partial charge in [-0.05, 0) is 31.2 Å². The Kier molecular flexibility index (Phi) is 6.66. The van der Waals surface area contributed by atoms with Gasteiger partial charge in [0.2, 0.25) is 16.4 Å². The molecule has 1 N–H and O–H groups in total. The molecule has 0 aliphatic heterocycles. The molecule has 1 heterocycles. The fourth-order valence-electron chi connectivity index (χ4n) is 3.29. The summed E-state index contributed by atoms with van der Waals surface area (Å²) in [6.07, 6.45) is 3.58. The molecule has 0 spiro atoms. The topological polar surface area (TPSA) is 70.6 Å². The molecule has 0 saturated heterocycles. The van der Waals surface area contributed by atoms with Gasteiger partial charge in [-0.3, -0.25) is 4.99 Å². The summed E-state index contributed by atoms with van der Waals surface area (Å²) in [5.41, 5.74) is 3.22. The number of nitrogens with zero attached hydrogens (tertiary/aromatic N) is 4. The zero-order chi connectivity index (χ0) is 20.9. The second-order valence-electron chi connectivity index (χ2n) is 6.97. The molecule has 0 bridgehead atoms. The van der Waals surface area contributed by atoms with Gasteiger partial charge in [-0.2, -0.15) is 4.31 Å². The van der Waals surface area contributed by atoms with Crippen LogP contribution in [-0.2, 0) is 23.6 Å². The molecule has 0 fully saturated rings. The average molecular weight is 415 g/mol. The van der Waals surface area contributed by atoms with Crippen LogP contribution < -0.4 is 9.88 Å². The van der Waals surface area contributed by atoms with E-state index in [-0.39, 0.29) is 0 Å². The third-order valence-electron chi connectivity index (χ3n) is 4.86. The molecule has 0 atom stereocenters. The van der Waals surface area contributed by atoms with Crippen molar-refractivity contribution in [2.24, 2.45) is 12.0 Å². The van der Waals surface area contributed by atoms with E-state index in [4.69, 9.17) is 0 Å². The van der Waals surface area contributed by atoms with Gasteiger partial charge in [-0.15, -0.1) is 0 Å². The molecule has 8 heteroatoms. The zero-order valence-electron chi connectivity index (χ0n) is 17.1. The van der Waals surface area contributed by atoms with Gasteiger partial charge < -0.3 is 5.32 Å². The van der Waals surface area contributed by atoms with Crippen LogP contribution in [0, 0.1) is 6.92 Å². The number of para-hydroxylation sites is 2. The number of aromatic nitrogens is 2. The second-order valence-corrected chi connectivity index (χ2v) is 8.90. The lowest BCUT2D eigenvalue weighted by Gasteiger charge is -2.21. The third-order valence-corrected chi connectivity index (χ3v) is 6.77. The van der Waals surface area contributed by atoms with Gasteiger partial charge in [0.05, 0.1) is 24.8 Å². The highest BCUT2D eigenvalue weighted by Crippen LogP contribution is 2.17. The Morgan fingerprint density at radius 2 is 1.86 bits per heavy atom. The maximum atomic E-state index is 13.2. The number of imidazole rings is 1. The zero-order valence-corrected chi connectivity index (χ0v) is 17.9. The van der Waals surface area contributed by atoms with E-state index < -0.39 is 10.0 Å². The van der Waals surface area contributed by atoms with Crippen molar-refractivity contribution in [3.63, 3.8) is 0 Å². The summed E-state index contributed by atoms with van der Waals surface area (Å²) in [5, 5.41) is 3.02. The van der Waals surface area contributed by atoms with Crippen LogP contribution in [0.1, 0.15) is 5.56 Å². The lowest BCUT2D eigenvalue weighted by molar-refractivity contribution is -0.645. The van der Waals surface area contributed by atoms with Crippen molar-refractivity contribution in [2.45, 2.75) is 18.4 Å². The highest BCUT2D eigenvalue weighted by molar-refractivity contribution is 7.89. The first-order valence-corrected chi connectivity index (χ1v) is 11.0. The Morgan fingerprint density at radius 1 is 1.14 bits per heavy atom. The van der Waals surface area contributed by atoms with Crippen LogP contribution in [0.5, 0.6) is 0 Å². The molecule has 3 rings (SSSR count). The van der Waals surface area contributed by atoms with Gasteiger partial charge in [0.15, 0.2) is 11.0 Å². The third kappa shape index (κ3) is 4.83. The SMILES string of the molecule is CN=CNCCN(CCn1c[n+](C)c2ccccc21)S(=O)(=O)c1ccc(C)cc1. The van der Waals surface area contributed by atoms with Crippen molar-refractivity contribution < 1.29 is 13.0 Å². The van der Waals surface area contributed by atoms with E-state index in [1.807, 2.05) is 55.2 Å². The van der Waals surface area contributed by atoms with Crippen LogP contribution in [0.4, 0.5) is 0 Å². The second kappa shape index (κ2) is 9.19. The lowest BCUT2D eigenvalue weighted by atomic mass is 10.2. The predicted molar refractivity (Wildman–Crippen MR) is 115 cm³/mol. The highest BCUT2D eigenvalue weighted by atomic mass is 32.2. The molecule has 0 aliphatic carbocycles. The molecular weight excluding hydrogens is 386 g/mol. The van der Waals surface area contributed by atoms with Crippen molar-refractivity contribution in [3.8, 4) is 0 Å². The Morgan fingerprint density at radius 3 is 2.59 bits per heavy atom. The number of hydrogen-bond acceptors (Lipinski definition) is 3. The molecule has 154 valence electrons. The van der Waals surface area contributed by atoms with Crippen molar-refractivity contribution >= 4 is 27.4 Å². The molecule has 0 radical (unpaired) electrons. The smallest absolute Gasteiger partial charge is 0.244 e. The van der Waals surface area contributed by atoms with Gasteiger partial charge in [-0.1, -0.05) is 29.8 Å². The van der Waals surface area contributed by atoms with Crippen molar-refractivity contribution in [3.05, 3.63) is 60.4 Å². The van der Waals surface area contributed by atoms with Crippen molar-refractivity contribution in [1.29, 1.82) is 0 Å². The Balaban J connectivity index is 1.83. The quantitative estimate of drug-likeness (QED) is 0.251. The van der Waals surface area contributed by atoms with Gasteiger partial charge in [0.1, 0.15) is 6.54 Å². The van der Waals surface area contributed by atoms with E-state index in [9.17, 15) is 8.42 Å². The summed E-state index contributed by atoms with van der Waals surface area (Å²) in [7, 11) is 0.0724. The number of nitrogens with one attached hydrogen (secondary N) is 1. The Bertz CT molecular complexity index is 1090. The number of sulfonamides is 1. The van der Waals surface area contributed by atoms with Crippen molar-refractivity contribution in [1.82, 2.24) is 14.2 Å². The van der Waals surface area contributed by atoms with E-state index in [2.05, 4.69) is 20.9 Å². The highest BCUT2D eigenvalue weighted by Gasteiger charge is 2.25. The fourth-order valence-corrected chi connectivity index (χ4v) is 4.72. The van der Waals surface area contributed by atoms with Gasteiger partial charge in [0, 0.05) is 20.1 Å². The van der Waals surface area contributed by atoms with Crippen LogP contribution in [0.15, 0.2) is 64.7 Å². The predicted octanol–water partition coefficient (Wildman–Crippen LogP) is 1.71. The molecule has 29 heavy (non-hydrogen) atoms. The lowest BCUT2D eigenvalue weighted by Crippen LogP contribution is -2.38. The largest absolute Gasteiger partial charge is 0.375 e. The maximum Gasteiger partial charge on any atom is 0.244 e. The molecule has 0 unspecified atom stereocenters. The molecule has 0 amide bonds. The minimum absolute atomic E-state index is 0.315. The first kappa shape index (κ1) is 21.0. The number of aryl methyl sites for hydroxylation is 2. The first-order chi connectivity index (χ1) is 13.9.